The van der Waals surface area contributed by atoms with Gasteiger partial charge in [-0.05, 0) is 48.2 Å². The lowest BCUT2D eigenvalue weighted by atomic mass is 9.99. The van der Waals surface area contributed by atoms with Gasteiger partial charge in [0.25, 0.3) is 0 Å². The molecule has 0 unspecified atom stereocenters. The van der Waals surface area contributed by atoms with E-state index in [0.29, 0.717) is 11.5 Å². The molecule has 0 aliphatic carbocycles. The molecule has 1 fully saturated rings. The standard InChI is InChI=1S/C22H28O8/c1-27-15-8-5-13(6-9-15)3-4-14-7-10-16(17(11-14)28-2)29-22-21(26)20(25)19(24)18(12-23)30-22/h5-11,18-26H,3-4,12H2,1-2H3/t18-,19-,20+,21-,22-/m1/s1. The first kappa shape index (κ1) is 22.3. The van der Waals surface area contributed by atoms with Crippen LogP contribution in [0.4, 0.5) is 0 Å². The van der Waals surface area contributed by atoms with Crippen LogP contribution in [0.2, 0.25) is 0 Å². The first-order valence-corrected chi connectivity index (χ1v) is 9.73. The van der Waals surface area contributed by atoms with Gasteiger partial charge in [0.15, 0.2) is 11.5 Å². The van der Waals surface area contributed by atoms with Gasteiger partial charge in [-0.2, -0.15) is 0 Å². The van der Waals surface area contributed by atoms with Crippen molar-refractivity contribution in [1.82, 2.24) is 0 Å². The highest BCUT2D eigenvalue weighted by atomic mass is 16.7. The summed E-state index contributed by atoms with van der Waals surface area (Å²) >= 11 is 0. The normalized spacial score (nSPS) is 26.3. The molecule has 0 radical (unpaired) electrons. The predicted molar refractivity (Wildman–Crippen MR) is 108 cm³/mol. The Kier molecular flexibility index (Phi) is 7.52. The lowest BCUT2D eigenvalue weighted by Gasteiger charge is -2.39. The molecule has 0 amide bonds. The topological polar surface area (TPSA) is 118 Å². The van der Waals surface area contributed by atoms with E-state index in [4.69, 9.17) is 18.9 Å². The number of methoxy groups -OCH3 is 2. The largest absolute Gasteiger partial charge is 0.497 e. The van der Waals surface area contributed by atoms with Gasteiger partial charge in [0.05, 0.1) is 20.8 Å². The molecule has 2 aromatic rings. The maximum absolute atomic E-state index is 10.2. The minimum atomic E-state index is -1.50. The third kappa shape index (κ3) is 5.03. The van der Waals surface area contributed by atoms with E-state index in [-0.39, 0.29) is 0 Å². The van der Waals surface area contributed by atoms with E-state index < -0.39 is 37.3 Å². The van der Waals surface area contributed by atoms with Crippen molar-refractivity contribution in [1.29, 1.82) is 0 Å². The summed E-state index contributed by atoms with van der Waals surface area (Å²) in [6, 6.07) is 13.3. The molecular weight excluding hydrogens is 392 g/mol. The number of benzene rings is 2. The van der Waals surface area contributed by atoms with Gasteiger partial charge in [-0.1, -0.05) is 18.2 Å². The maximum Gasteiger partial charge on any atom is 0.229 e. The molecule has 0 aromatic heterocycles. The van der Waals surface area contributed by atoms with Crippen molar-refractivity contribution >= 4 is 0 Å². The van der Waals surface area contributed by atoms with Crippen LogP contribution in [0.5, 0.6) is 17.2 Å². The summed E-state index contributed by atoms with van der Waals surface area (Å²) in [5.74, 6) is 1.57. The number of hydrogen-bond donors (Lipinski definition) is 4. The molecule has 5 atom stereocenters. The molecule has 0 spiro atoms. The van der Waals surface area contributed by atoms with Crippen LogP contribution in [0.25, 0.3) is 0 Å². The van der Waals surface area contributed by atoms with Gasteiger partial charge < -0.3 is 39.4 Å². The smallest absolute Gasteiger partial charge is 0.229 e. The Morgan fingerprint density at radius 1 is 0.800 bits per heavy atom. The van der Waals surface area contributed by atoms with Crippen molar-refractivity contribution in [3.05, 3.63) is 53.6 Å². The number of aliphatic hydroxyl groups is 4. The quantitative estimate of drug-likeness (QED) is 0.492. The van der Waals surface area contributed by atoms with Crippen molar-refractivity contribution in [3.8, 4) is 17.2 Å². The summed E-state index contributed by atoms with van der Waals surface area (Å²) in [5.41, 5.74) is 2.21. The minimum Gasteiger partial charge on any atom is -0.497 e. The molecule has 30 heavy (non-hydrogen) atoms. The van der Waals surface area contributed by atoms with Gasteiger partial charge in [-0.25, -0.2) is 0 Å². The van der Waals surface area contributed by atoms with Crippen LogP contribution in [0.15, 0.2) is 42.5 Å². The van der Waals surface area contributed by atoms with E-state index in [1.807, 2.05) is 36.4 Å². The molecule has 1 aliphatic rings. The van der Waals surface area contributed by atoms with Crippen molar-refractivity contribution < 1.29 is 39.4 Å². The second-order valence-electron chi connectivity index (χ2n) is 7.15. The van der Waals surface area contributed by atoms with Crippen molar-refractivity contribution in [3.63, 3.8) is 0 Å². The fraction of sp³-hybridized carbons (Fsp3) is 0.455. The lowest BCUT2D eigenvalue weighted by Crippen LogP contribution is -2.60. The average molecular weight is 420 g/mol. The van der Waals surface area contributed by atoms with Crippen molar-refractivity contribution in [2.24, 2.45) is 0 Å². The van der Waals surface area contributed by atoms with E-state index in [1.165, 1.54) is 12.7 Å². The first-order chi connectivity index (χ1) is 14.5. The number of aryl methyl sites for hydroxylation is 2. The zero-order chi connectivity index (χ0) is 21.7. The summed E-state index contributed by atoms with van der Waals surface area (Å²) in [5, 5.41) is 39.3. The summed E-state index contributed by atoms with van der Waals surface area (Å²) in [4.78, 5) is 0. The van der Waals surface area contributed by atoms with Gasteiger partial charge in [-0.15, -0.1) is 0 Å². The molecule has 4 N–H and O–H groups in total. The first-order valence-electron chi connectivity index (χ1n) is 9.73. The van der Waals surface area contributed by atoms with E-state index in [9.17, 15) is 20.4 Å². The van der Waals surface area contributed by atoms with E-state index >= 15 is 0 Å². The maximum atomic E-state index is 10.2. The number of rotatable bonds is 8. The second-order valence-corrected chi connectivity index (χ2v) is 7.15. The number of hydrogen-bond acceptors (Lipinski definition) is 8. The van der Waals surface area contributed by atoms with E-state index in [0.717, 1.165) is 24.2 Å². The molecule has 1 heterocycles. The highest BCUT2D eigenvalue weighted by Gasteiger charge is 2.44. The van der Waals surface area contributed by atoms with Crippen LogP contribution in [0, 0.1) is 0 Å². The number of aliphatic hydroxyl groups excluding tert-OH is 4. The van der Waals surface area contributed by atoms with Gasteiger partial charge in [0.1, 0.15) is 30.2 Å². The second kappa shape index (κ2) is 10.1. The van der Waals surface area contributed by atoms with Crippen LogP contribution >= 0.6 is 0 Å². The van der Waals surface area contributed by atoms with Crippen LogP contribution in [0.1, 0.15) is 11.1 Å². The Morgan fingerprint density at radius 3 is 2.10 bits per heavy atom. The van der Waals surface area contributed by atoms with Crippen LogP contribution < -0.4 is 14.2 Å². The highest BCUT2D eigenvalue weighted by Crippen LogP contribution is 2.32. The molecule has 8 nitrogen and oxygen atoms in total. The Morgan fingerprint density at radius 2 is 1.47 bits per heavy atom. The molecule has 2 aromatic carbocycles. The minimum absolute atomic E-state index is 0.315. The zero-order valence-electron chi connectivity index (χ0n) is 17.0. The highest BCUT2D eigenvalue weighted by molar-refractivity contribution is 5.43. The molecule has 8 heteroatoms. The van der Waals surface area contributed by atoms with Crippen molar-refractivity contribution in [2.45, 2.75) is 43.5 Å². The van der Waals surface area contributed by atoms with Gasteiger partial charge in [0.2, 0.25) is 6.29 Å². The summed E-state index contributed by atoms with van der Waals surface area (Å²) < 4.78 is 21.7. The third-order valence-corrected chi connectivity index (χ3v) is 5.18. The molecule has 3 rings (SSSR count). The lowest BCUT2D eigenvalue weighted by molar-refractivity contribution is -0.277. The molecule has 0 saturated carbocycles. The van der Waals surface area contributed by atoms with Gasteiger partial charge in [0, 0.05) is 0 Å². The Balaban J connectivity index is 1.67. The summed E-state index contributed by atoms with van der Waals surface area (Å²) in [7, 11) is 3.14. The molecule has 0 bridgehead atoms. The molecule has 1 saturated heterocycles. The van der Waals surface area contributed by atoms with Crippen LogP contribution in [0.3, 0.4) is 0 Å². The van der Waals surface area contributed by atoms with E-state index in [2.05, 4.69) is 0 Å². The summed E-state index contributed by atoms with van der Waals surface area (Å²) in [6.07, 6.45) is -5.11. The fourth-order valence-corrected chi connectivity index (χ4v) is 3.34. The van der Waals surface area contributed by atoms with Crippen molar-refractivity contribution in [2.75, 3.05) is 20.8 Å². The Hall–Kier alpha value is -2.36. The monoisotopic (exact) mass is 420 g/mol. The predicted octanol–water partition coefficient (Wildman–Crippen LogP) is 0.668. The molecular formula is C22H28O8. The van der Waals surface area contributed by atoms with Gasteiger partial charge >= 0.3 is 0 Å². The van der Waals surface area contributed by atoms with Crippen LogP contribution in [-0.2, 0) is 17.6 Å². The Bertz CT molecular complexity index is 807. The number of ether oxygens (including phenoxy) is 4. The van der Waals surface area contributed by atoms with E-state index in [1.54, 1.807) is 13.2 Å². The van der Waals surface area contributed by atoms with Crippen LogP contribution in [-0.4, -0.2) is 72.0 Å². The van der Waals surface area contributed by atoms with Gasteiger partial charge in [-0.3, -0.25) is 0 Å². The SMILES string of the molecule is COc1ccc(CCc2ccc(O[C@@H]3O[C@H](CO)[C@@H](O)[C@H](O)[C@H]3O)c(OC)c2)cc1. The fourth-order valence-electron chi connectivity index (χ4n) is 3.34. The summed E-state index contributed by atoms with van der Waals surface area (Å²) in [6.45, 7) is -0.522. The Labute approximate surface area is 175 Å². The zero-order valence-corrected chi connectivity index (χ0v) is 17.0. The molecule has 164 valence electrons. The average Bonchev–Trinajstić information content (AvgIpc) is 2.78. The third-order valence-electron chi connectivity index (χ3n) is 5.18. The molecule has 1 aliphatic heterocycles.